The summed E-state index contributed by atoms with van der Waals surface area (Å²) in [7, 11) is -2.87. The number of hydrogen-bond donors (Lipinski definition) is 1. The molecule has 4 nitrogen and oxygen atoms in total. The van der Waals surface area contributed by atoms with Crippen molar-refractivity contribution in [2.75, 3.05) is 32.2 Å². The molecule has 0 aliphatic rings. The van der Waals surface area contributed by atoms with Crippen LogP contribution in [-0.4, -0.2) is 41.2 Å². The van der Waals surface area contributed by atoms with Crippen LogP contribution < -0.4 is 0 Å². The summed E-state index contributed by atoms with van der Waals surface area (Å²) in [5.41, 5.74) is 0. The van der Waals surface area contributed by atoms with Crippen molar-refractivity contribution >= 4 is 21.7 Å². The van der Waals surface area contributed by atoms with Crippen LogP contribution >= 0.6 is 12.6 Å². The standard InChI is InChI=1S/C8H20O4SSi/c1-4-9-14(10-5-2,11-6-3)12-7-8-13/h13H,4-8H2,1-3H3. The van der Waals surface area contributed by atoms with Crippen LogP contribution in [0.5, 0.6) is 0 Å². The van der Waals surface area contributed by atoms with Crippen LogP contribution in [0.4, 0.5) is 0 Å². The second-order valence-electron chi connectivity index (χ2n) is 2.37. The maximum absolute atomic E-state index is 5.50. The molecule has 0 atom stereocenters. The first-order valence-electron chi connectivity index (χ1n) is 4.91. The Labute approximate surface area is 92.8 Å². The van der Waals surface area contributed by atoms with E-state index in [9.17, 15) is 0 Å². The van der Waals surface area contributed by atoms with E-state index in [1.165, 1.54) is 0 Å². The summed E-state index contributed by atoms with van der Waals surface area (Å²) < 4.78 is 21.8. The minimum absolute atomic E-state index is 0.481. The van der Waals surface area contributed by atoms with E-state index in [2.05, 4.69) is 12.6 Å². The van der Waals surface area contributed by atoms with Crippen LogP contribution in [0.1, 0.15) is 20.8 Å². The third kappa shape index (κ3) is 5.33. The van der Waals surface area contributed by atoms with E-state index in [1.54, 1.807) is 0 Å². The SMILES string of the molecule is CCO[Si](OCC)(OCC)OCCS. The fourth-order valence-electron chi connectivity index (χ4n) is 0.951. The van der Waals surface area contributed by atoms with Crippen LogP contribution in [-0.2, 0) is 17.7 Å². The quantitative estimate of drug-likeness (QED) is 0.489. The van der Waals surface area contributed by atoms with Crippen molar-refractivity contribution in [3.05, 3.63) is 0 Å². The lowest BCUT2D eigenvalue weighted by atomic mass is 10.9. The molecule has 0 saturated carbocycles. The molecule has 0 rings (SSSR count). The van der Waals surface area contributed by atoms with Crippen molar-refractivity contribution in [1.29, 1.82) is 0 Å². The van der Waals surface area contributed by atoms with E-state index < -0.39 is 9.05 Å². The summed E-state index contributed by atoms with van der Waals surface area (Å²) in [6.07, 6.45) is 0. The van der Waals surface area contributed by atoms with Gasteiger partial charge in [0.05, 0.1) is 0 Å². The third-order valence-corrected chi connectivity index (χ3v) is 4.00. The lowest BCUT2D eigenvalue weighted by Crippen LogP contribution is -2.49. The highest BCUT2D eigenvalue weighted by Crippen LogP contribution is 2.11. The molecule has 0 saturated heterocycles. The topological polar surface area (TPSA) is 36.9 Å². The first kappa shape index (κ1) is 14.4. The highest BCUT2D eigenvalue weighted by molar-refractivity contribution is 7.80. The normalized spacial score (nSPS) is 12.0. The second-order valence-corrected chi connectivity index (χ2v) is 4.97. The molecule has 6 heteroatoms. The molecule has 14 heavy (non-hydrogen) atoms. The Morgan fingerprint density at radius 1 is 0.857 bits per heavy atom. The van der Waals surface area contributed by atoms with Gasteiger partial charge in [0.15, 0.2) is 0 Å². The molecule has 0 aromatic heterocycles. The maximum Gasteiger partial charge on any atom is 0.679 e. The van der Waals surface area contributed by atoms with Crippen LogP contribution in [0.15, 0.2) is 0 Å². The summed E-state index contributed by atoms with van der Waals surface area (Å²) in [4.78, 5) is 0. The van der Waals surface area contributed by atoms with Gasteiger partial charge in [0.2, 0.25) is 0 Å². The third-order valence-electron chi connectivity index (χ3n) is 1.33. The van der Waals surface area contributed by atoms with Crippen LogP contribution in [0, 0.1) is 0 Å². The van der Waals surface area contributed by atoms with Gasteiger partial charge in [-0.1, -0.05) is 0 Å². The molecule has 86 valence electrons. The van der Waals surface area contributed by atoms with Crippen molar-refractivity contribution in [3.63, 3.8) is 0 Å². The number of hydrogen-bond acceptors (Lipinski definition) is 5. The van der Waals surface area contributed by atoms with Crippen LogP contribution in [0.2, 0.25) is 0 Å². The van der Waals surface area contributed by atoms with Gasteiger partial charge >= 0.3 is 9.05 Å². The highest BCUT2D eigenvalue weighted by atomic mass is 32.1. The summed E-state index contributed by atoms with van der Waals surface area (Å²) in [5, 5.41) is 0. The van der Waals surface area contributed by atoms with Gasteiger partial charge in [-0.2, -0.15) is 12.6 Å². The molecule has 0 aromatic carbocycles. The fraction of sp³-hybridized carbons (Fsp3) is 1.00. The van der Waals surface area contributed by atoms with Crippen molar-refractivity contribution < 1.29 is 17.7 Å². The van der Waals surface area contributed by atoms with E-state index in [4.69, 9.17) is 17.7 Å². The molecule has 0 unspecified atom stereocenters. The molecule has 0 aromatic rings. The Hall–Kier alpha value is 0.407. The molecule has 0 fully saturated rings. The number of rotatable bonds is 9. The molecular formula is C8H20O4SSi. The predicted molar refractivity (Wildman–Crippen MR) is 60.4 cm³/mol. The van der Waals surface area contributed by atoms with Gasteiger partial charge in [-0.05, 0) is 20.8 Å². The van der Waals surface area contributed by atoms with Crippen molar-refractivity contribution in [1.82, 2.24) is 0 Å². The molecule has 0 aliphatic heterocycles. The van der Waals surface area contributed by atoms with E-state index in [0.29, 0.717) is 32.2 Å². The van der Waals surface area contributed by atoms with E-state index >= 15 is 0 Å². The minimum atomic E-state index is -2.87. The second kappa shape index (κ2) is 8.69. The molecule has 0 bridgehead atoms. The van der Waals surface area contributed by atoms with Crippen LogP contribution in [0.3, 0.4) is 0 Å². The molecule has 0 heterocycles. The maximum atomic E-state index is 5.50. The zero-order valence-corrected chi connectivity index (χ0v) is 11.0. The van der Waals surface area contributed by atoms with Crippen molar-refractivity contribution in [2.45, 2.75) is 20.8 Å². The van der Waals surface area contributed by atoms with Gasteiger partial charge in [-0.25, -0.2) is 0 Å². The monoisotopic (exact) mass is 240 g/mol. The fourth-order valence-corrected chi connectivity index (χ4v) is 3.13. The Morgan fingerprint density at radius 3 is 1.57 bits per heavy atom. The van der Waals surface area contributed by atoms with E-state index in [-0.39, 0.29) is 0 Å². The smallest absolute Gasteiger partial charge is 0.351 e. The Bertz CT molecular complexity index is 119. The molecule has 0 aliphatic carbocycles. The minimum Gasteiger partial charge on any atom is -0.351 e. The average molecular weight is 240 g/mol. The summed E-state index contributed by atoms with van der Waals surface area (Å²) in [6.45, 7) is 7.74. The first-order valence-corrected chi connectivity index (χ1v) is 7.17. The van der Waals surface area contributed by atoms with Gasteiger partial charge in [-0.15, -0.1) is 0 Å². The zero-order valence-electron chi connectivity index (χ0n) is 9.12. The Balaban J connectivity index is 4.21. The lowest BCUT2D eigenvalue weighted by molar-refractivity contribution is -0.0241. The summed E-state index contributed by atoms with van der Waals surface area (Å²) >= 11 is 4.07. The lowest BCUT2D eigenvalue weighted by Gasteiger charge is -2.26. The zero-order chi connectivity index (χ0) is 10.9. The first-order chi connectivity index (χ1) is 6.74. The van der Waals surface area contributed by atoms with Gasteiger partial charge < -0.3 is 17.7 Å². The molecule has 0 amide bonds. The van der Waals surface area contributed by atoms with Gasteiger partial charge in [0, 0.05) is 32.2 Å². The van der Waals surface area contributed by atoms with Gasteiger partial charge in [0.25, 0.3) is 0 Å². The van der Waals surface area contributed by atoms with E-state index in [1.807, 2.05) is 20.8 Å². The van der Waals surface area contributed by atoms with Gasteiger partial charge in [-0.3, -0.25) is 0 Å². The Morgan fingerprint density at radius 2 is 1.29 bits per heavy atom. The van der Waals surface area contributed by atoms with Gasteiger partial charge in [0.1, 0.15) is 0 Å². The largest absolute Gasteiger partial charge is 0.679 e. The molecular weight excluding hydrogens is 220 g/mol. The molecule has 0 radical (unpaired) electrons. The van der Waals surface area contributed by atoms with Crippen molar-refractivity contribution in [2.24, 2.45) is 0 Å². The van der Waals surface area contributed by atoms with E-state index in [0.717, 1.165) is 0 Å². The average Bonchev–Trinajstić information content (AvgIpc) is 2.16. The van der Waals surface area contributed by atoms with Crippen molar-refractivity contribution in [3.8, 4) is 0 Å². The Kier molecular flexibility index (Phi) is 8.95. The molecule has 0 spiro atoms. The molecule has 0 N–H and O–H groups in total. The summed E-state index contributed by atoms with van der Waals surface area (Å²) in [6, 6.07) is 0. The predicted octanol–water partition coefficient (Wildman–Crippen LogP) is 1.48. The highest BCUT2D eigenvalue weighted by Gasteiger charge is 2.44. The number of thiol groups is 1. The van der Waals surface area contributed by atoms with Crippen LogP contribution in [0.25, 0.3) is 0 Å². The summed E-state index contributed by atoms with van der Waals surface area (Å²) in [5.74, 6) is 0.627.